The zero-order chi connectivity index (χ0) is 22.3. The molecule has 0 saturated carbocycles. The SMILES string of the molecule is C/C=C\C(=C/C)N(c1ccc2c3c(cccc13)-c1ccccc1-2)S(=O)(=O)c1ccccc1. The van der Waals surface area contributed by atoms with Gasteiger partial charge in [0.25, 0.3) is 10.0 Å². The van der Waals surface area contributed by atoms with Crippen LogP contribution < -0.4 is 4.31 Å². The lowest BCUT2D eigenvalue weighted by molar-refractivity contribution is 0.595. The fourth-order valence-corrected chi connectivity index (χ4v) is 6.10. The van der Waals surface area contributed by atoms with E-state index in [9.17, 15) is 8.42 Å². The molecule has 5 rings (SSSR count). The van der Waals surface area contributed by atoms with Crippen LogP contribution in [0.15, 0.2) is 114 Å². The monoisotopic (exact) mass is 437 g/mol. The standard InChI is InChI=1S/C28H23NO2S/c1-3-11-20(4-2)29(32(30,31)21-12-6-5-7-13-21)27-19-18-25-23-15-9-8-14-22(23)24-16-10-17-26(27)28(24)25/h3-19H,1-2H3/b11-3-,20-4+. The summed E-state index contributed by atoms with van der Waals surface area (Å²) in [7, 11) is -3.84. The molecule has 0 atom stereocenters. The summed E-state index contributed by atoms with van der Waals surface area (Å²) in [6, 6.07) is 27.0. The first kappa shape index (κ1) is 20.3. The molecule has 0 radical (unpaired) electrons. The Hall–Kier alpha value is -3.63. The topological polar surface area (TPSA) is 37.4 Å². The smallest absolute Gasteiger partial charge is 0.234 e. The van der Waals surface area contributed by atoms with E-state index in [1.807, 2.05) is 74.5 Å². The predicted molar refractivity (Wildman–Crippen MR) is 133 cm³/mol. The molecule has 1 aliphatic carbocycles. The van der Waals surface area contributed by atoms with E-state index >= 15 is 0 Å². The number of rotatable bonds is 5. The van der Waals surface area contributed by atoms with E-state index in [2.05, 4.69) is 18.2 Å². The number of benzene rings is 4. The number of allylic oxidation sites excluding steroid dienone is 3. The molecule has 0 spiro atoms. The van der Waals surface area contributed by atoms with Crippen LogP contribution in [0.4, 0.5) is 5.69 Å². The van der Waals surface area contributed by atoms with E-state index in [0.717, 1.165) is 21.9 Å². The predicted octanol–water partition coefficient (Wildman–Crippen LogP) is 7.16. The van der Waals surface area contributed by atoms with Gasteiger partial charge < -0.3 is 0 Å². The van der Waals surface area contributed by atoms with Crippen LogP contribution in [0, 0.1) is 0 Å². The Kier molecular flexibility index (Phi) is 4.95. The normalized spacial score (nSPS) is 13.0. The van der Waals surface area contributed by atoms with E-state index in [4.69, 9.17) is 0 Å². The number of sulfonamides is 1. The van der Waals surface area contributed by atoms with Gasteiger partial charge in [0.05, 0.1) is 16.3 Å². The maximum atomic E-state index is 13.9. The lowest BCUT2D eigenvalue weighted by Crippen LogP contribution is -2.30. The second-order valence-electron chi connectivity index (χ2n) is 7.70. The van der Waals surface area contributed by atoms with Crippen LogP contribution >= 0.6 is 0 Å². The molecule has 4 aromatic rings. The Bertz CT molecular complexity index is 1470. The maximum absolute atomic E-state index is 13.9. The van der Waals surface area contributed by atoms with Crippen LogP contribution in [0.25, 0.3) is 33.0 Å². The van der Waals surface area contributed by atoms with Gasteiger partial charge >= 0.3 is 0 Å². The summed E-state index contributed by atoms with van der Waals surface area (Å²) in [4.78, 5) is 0.260. The van der Waals surface area contributed by atoms with Crippen molar-refractivity contribution in [1.82, 2.24) is 0 Å². The van der Waals surface area contributed by atoms with Crippen LogP contribution in [0.3, 0.4) is 0 Å². The number of nitrogens with zero attached hydrogens (tertiary/aromatic N) is 1. The minimum Gasteiger partial charge on any atom is -0.234 e. The lowest BCUT2D eigenvalue weighted by atomic mass is 10.0. The molecule has 4 heteroatoms. The zero-order valence-corrected chi connectivity index (χ0v) is 18.8. The van der Waals surface area contributed by atoms with E-state index in [1.54, 1.807) is 24.3 Å². The van der Waals surface area contributed by atoms with Gasteiger partial charge in [-0.05, 0) is 65.8 Å². The van der Waals surface area contributed by atoms with E-state index in [-0.39, 0.29) is 4.90 Å². The third kappa shape index (κ3) is 2.99. The first-order valence-electron chi connectivity index (χ1n) is 10.6. The molecule has 0 unspecified atom stereocenters. The number of hydrogen-bond donors (Lipinski definition) is 0. The summed E-state index contributed by atoms with van der Waals surface area (Å²) in [5.74, 6) is 0. The molecular weight excluding hydrogens is 414 g/mol. The third-order valence-corrected chi connectivity index (χ3v) is 7.65. The highest BCUT2D eigenvalue weighted by molar-refractivity contribution is 7.93. The van der Waals surface area contributed by atoms with Gasteiger partial charge in [-0.1, -0.05) is 78.9 Å². The first-order chi connectivity index (χ1) is 15.6. The van der Waals surface area contributed by atoms with Gasteiger partial charge in [0, 0.05) is 5.39 Å². The van der Waals surface area contributed by atoms with Crippen molar-refractivity contribution in [3.63, 3.8) is 0 Å². The van der Waals surface area contributed by atoms with E-state index in [0.29, 0.717) is 11.4 Å². The Morgan fingerprint density at radius 3 is 2.00 bits per heavy atom. The Morgan fingerprint density at radius 1 is 0.719 bits per heavy atom. The summed E-state index contributed by atoms with van der Waals surface area (Å²) in [5.41, 5.74) is 5.89. The van der Waals surface area contributed by atoms with Gasteiger partial charge in [-0.25, -0.2) is 12.7 Å². The van der Waals surface area contributed by atoms with Crippen molar-refractivity contribution in [1.29, 1.82) is 0 Å². The van der Waals surface area contributed by atoms with Gasteiger partial charge in [-0.2, -0.15) is 0 Å². The highest BCUT2D eigenvalue weighted by Crippen LogP contribution is 2.50. The van der Waals surface area contributed by atoms with Gasteiger partial charge in [0.1, 0.15) is 0 Å². The number of hydrogen-bond acceptors (Lipinski definition) is 2. The van der Waals surface area contributed by atoms with Crippen molar-refractivity contribution in [3.05, 3.63) is 109 Å². The molecule has 0 saturated heterocycles. The minimum absolute atomic E-state index is 0.260. The molecule has 0 bridgehead atoms. The Labute approximate surface area is 189 Å². The zero-order valence-electron chi connectivity index (χ0n) is 18.0. The molecule has 1 aliphatic rings. The molecule has 0 N–H and O–H groups in total. The summed E-state index contributed by atoms with van der Waals surface area (Å²) in [6.07, 6.45) is 5.52. The molecule has 4 aromatic carbocycles. The fraction of sp³-hybridized carbons (Fsp3) is 0.0714. The molecule has 0 aromatic heterocycles. The van der Waals surface area contributed by atoms with Gasteiger partial charge in [0.2, 0.25) is 0 Å². The molecule has 3 nitrogen and oxygen atoms in total. The quantitative estimate of drug-likeness (QED) is 0.274. The van der Waals surface area contributed by atoms with Crippen molar-refractivity contribution in [2.24, 2.45) is 0 Å². The molecule has 0 amide bonds. The molecule has 32 heavy (non-hydrogen) atoms. The van der Waals surface area contributed by atoms with Crippen molar-refractivity contribution in [3.8, 4) is 22.3 Å². The largest absolute Gasteiger partial charge is 0.268 e. The summed E-state index contributed by atoms with van der Waals surface area (Å²) in [6.45, 7) is 3.75. The molecule has 0 fully saturated rings. The van der Waals surface area contributed by atoms with Gasteiger partial charge in [-0.3, -0.25) is 0 Å². The van der Waals surface area contributed by atoms with Crippen molar-refractivity contribution in [2.75, 3.05) is 4.31 Å². The van der Waals surface area contributed by atoms with Crippen LogP contribution in [0.1, 0.15) is 13.8 Å². The summed E-state index contributed by atoms with van der Waals surface area (Å²) >= 11 is 0. The van der Waals surface area contributed by atoms with Crippen LogP contribution in [-0.4, -0.2) is 8.42 Å². The van der Waals surface area contributed by atoms with E-state index in [1.165, 1.54) is 15.4 Å². The lowest BCUT2D eigenvalue weighted by Gasteiger charge is -2.27. The Balaban J connectivity index is 1.83. The van der Waals surface area contributed by atoms with Gasteiger partial charge in [-0.15, -0.1) is 0 Å². The minimum atomic E-state index is -3.84. The fourth-order valence-electron chi connectivity index (χ4n) is 4.53. The third-order valence-electron chi connectivity index (χ3n) is 5.89. The number of fused-ring (bicyclic) bond motifs is 3. The number of anilines is 1. The molecular formula is C28H23NO2S. The average Bonchev–Trinajstić information content (AvgIpc) is 3.16. The second-order valence-corrected chi connectivity index (χ2v) is 9.49. The highest BCUT2D eigenvalue weighted by atomic mass is 32.2. The van der Waals surface area contributed by atoms with Crippen molar-refractivity contribution >= 4 is 26.5 Å². The highest BCUT2D eigenvalue weighted by Gasteiger charge is 2.30. The van der Waals surface area contributed by atoms with Crippen LogP contribution in [0.5, 0.6) is 0 Å². The van der Waals surface area contributed by atoms with Crippen molar-refractivity contribution < 1.29 is 8.42 Å². The first-order valence-corrected chi connectivity index (χ1v) is 12.1. The average molecular weight is 438 g/mol. The molecule has 0 heterocycles. The Morgan fingerprint density at radius 2 is 1.34 bits per heavy atom. The van der Waals surface area contributed by atoms with Crippen LogP contribution in [-0.2, 0) is 10.0 Å². The second kappa shape index (κ2) is 7.81. The molecule has 158 valence electrons. The van der Waals surface area contributed by atoms with E-state index < -0.39 is 10.0 Å². The maximum Gasteiger partial charge on any atom is 0.268 e. The summed E-state index contributed by atoms with van der Waals surface area (Å²) < 4.78 is 29.3. The van der Waals surface area contributed by atoms with Crippen molar-refractivity contribution in [2.45, 2.75) is 18.7 Å². The van der Waals surface area contributed by atoms with Gasteiger partial charge in [0.15, 0.2) is 0 Å². The summed E-state index contributed by atoms with van der Waals surface area (Å²) in [5, 5.41) is 2.01. The van der Waals surface area contributed by atoms with Crippen LogP contribution in [0.2, 0.25) is 0 Å². The molecule has 0 aliphatic heterocycles.